The lowest BCUT2D eigenvalue weighted by Crippen LogP contribution is -2.62. The van der Waals surface area contributed by atoms with E-state index in [2.05, 4.69) is 36.7 Å². The molecule has 4 fully saturated rings. The lowest BCUT2D eigenvalue weighted by atomic mass is 9.45. The molecule has 4 N–H and O–H groups in total. The van der Waals surface area contributed by atoms with Crippen LogP contribution in [0.4, 0.5) is 10.5 Å². The molecule has 302 valence electrons. The smallest absolute Gasteiger partial charge is 0.407 e. The van der Waals surface area contributed by atoms with Gasteiger partial charge in [0.2, 0.25) is 5.91 Å². The fourth-order valence-corrected chi connectivity index (χ4v) is 9.36. The summed E-state index contributed by atoms with van der Waals surface area (Å²) in [6.07, 6.45) is 0.503. The Balaban J connectivity index is 1.29. The summed E-state index contributed by atoms with van der Waals surface area (Å²) in [5.74, 6) is 0.780. The third-order valence-electron chi connectivity index (χ3n) is 12.7. The van der Waals surface area contributed by atoms with E-state index < -0.39 is 30.3 Å². The maximum atomic E-state index is 14.7. The maximum absolute atomic E-state index is 14.7. The Bertz CT molecular complexity index is 1870. The van der Waals surface area contributed by atoms with Crippen molar-refractivity contribution in [2.24, 2.45) is 29.1 Å². The van der Waals surface area contributed by atoms with E-state index in [4.69, 9.17) is 14.3 Å². The molecule has 3 saturated carbocycles. The van der Waals surface area contributed by atoms with E-state index in [-0.39, 0.29) is 36.4 Å². The number of alkyl carbamates (subject to hydrolysis) is 1. The molecule has 3 aromatic carbocycles. The summed E-state index contributed by atoms with van der Waals surface area (Å²) < 4.78 is 12.0. The van der Waals surface area contributed by atoms with Gasteiger partial charge in [0, 0.05) is 56.1 Å². The van der Waals surface area contributed by atoms with Crippen LogP contribution in [0.2, 0.25) is 0 Å². The second kappa shape index (κ2) is 17.2. The standard InChI is InChI=1S/C44H59N5O7/c1-26-35-22-32(44(35,3)4)23-36(26)47-42(52)39-38(27(2)55-43(53)46-18-17-28-13-10-9-11-14-28)37(25-50)56-49(39)24-29-15-12-16-34(40(29)54-8)30-19-31(41(51)45-5)21-33(20-30)48(6)7/h9-16,19-21,26-27,32,35-39,50H,17-18,22-25H2,1-8H3,(H,45,51)(H,46,53)(H,47,52)/t26-,27-,32+,35-,36-,37-,38+,39-/m0/s1. The highest BCUT2D eigenvalue weighted by Gasteiger charge is 2.57. The zero-order chi connectivity index (χ0) is 40.3. The van der Waals surface area contributed by atoms with E-state index in [1.807, 2.05) is 85.7 Å². The van der Waals surface area contributed by atoms with Crippen molar-refractivity contribution in [2.75, 3.05) is 46.3 Å². The number of amides is 3. The average molecular weight is 770 g/mol. The molecule has 1 heterocycles. The molecule has 3 aliphatic carbocycles. The number of para-hydroxylation sites is 1. The van der Waals surface area contributed by atoms with Gasteiger partial charge in [0.25, 0.3) is 5.91 Å². The van der Waals surface area contributed by atoms with Crippen LogP contribution in [0.3, 0.4) is 0 Å². The van der Waals surface area contributed by atoms with Gasteiger partial charge in [-0.15, -0.1) is 0 Å². The maximum Gasteiger partial charge on any atom is 0.407 e. The fraction of sp³-hybridized carbons (Fsp3) is 0.523. The number of hydroxylamine groups is 2. The quantitative estimate of drug-likeness (QED) is 0.169. The first-order valence-corrected chi connectivity index (χ1v) is 19.8. The number of fused-ring (bicyclic) bond motifs is 2. The minimum absolute atomic E-state index is 0.0104. The molecule has 0 spiro atoms. The number of nitrogens with one attached hydrogen (secondary N) is 3. The SMILES string of the molecule is CNC(=O)c1cc(-c2cccc(CN3O[C@@H](CO)[C@@H]([C@H](C)OC(=O)NCCc4ccccc4)[C@H]3C(=O)N[C@H]3C[C@H]4C[C@@H]([C@@H]3C)C4(C)C)c2OC)cc(N(C)C)c1. The molecule has 7 rings (SSSR count). The predicted molar refractivity (Wildman–Crippen MR) is 216 cm³/mol. The third-order valence-corrected chi connectivity index (χ3v) is 12.7. The Hall–Kier alpha value is -4.65. The number of rotatable bonds is 14. The van der Waals surface area contributed by atoms with Crippen LogP contribution in [-0.2, 0) is 27.3 Å². The lowest BCUT2D eigenvalue weighted by Gasteiger charge is -2.62. The van der Waals surface area contributed by atoms with Crippen LogP contribution in [0.15, 0.2) is 66.7 Å². The van der Waals surface area contributed by atoms with Gasteiger partial charge < -0.3 is 35.4 Å². The molecule has 4 aliphatic rings. The molecule has 0 unspecified atom stereocenters. The van der Waals surface area contributed by atoms with Crippen molar-refractivity contribution in [1.29, 1.82) is 0 Å². The molecule has 2 bridgehead atoms. The van der Waals surface area contributed by atoms with Gasteiger partial charge >= 0.3 is 6.09 Å². The highest BCUT2D eigenvalue weighted by Crippen LogP contribution is 2.61. The second-order valence-corrected chi connectivity index (χ2v) is 16.5. The van der Waals surface area contributed by atoms with Crippen molar-refractivity contribution in [1.82, 2.24) is 21.0 Å². The van der Waals surface area contributed by atoms with Crippen LogP contribution in [0, 0.1) is 29.1 Å². The first-order chi connectivity index (χ1) is 26.8. The van der Waals surface area contributed by atoms with Gasteiger partial charge in [-0.05, 0) is 78.7 Å². The summed E-state index contributed by atoms with van der Waals surface area (Å²) in [6, 6.07) is 20.4. The van der Waals surface area contributed by atoms with Gasteiger partial charge in [-0.1, -0.05) is 69.3 Å². The number of nitrogens with zero attached hydrogens (tertiary/aromatic N) is 2. The van der Waals surface area contributed by atoms with Crippen LogP contribution < -0.4 is 25.6 Å². The van der Waals surface area contributed by atoms with Gasteiger partial charge in [-0.3, -0.25) is 14.4 Å². The molecule has 1 aliphatic heterocycles. The molecular weight excluding hydrogens is 711 g/mol. The molecule has 56 heavy (non-hydrogen) atoms. The number of carbonyl (C=O) groups excluding carboxylic acids is 3. The first kappa shape index (κ1) is 41.0. The van der Waals surface area contributed by atoms with E-state index in [1.165, 1.54) is 6.42 Å². The highest BCUT2D eigenvalue weighted by molar-refractivity contribution is 5.97. The molecule has 3 aromatic rings. The van der Waals surface area contributed by atoms with Crippen LogP contribution in [0.5, 0.6) is 5.75 Å². The van der Waals surface area contributed by atoms with E-state index in [0.717, 1.165) is 34.4 Å². The molecule has 0 aromatic heterocycles. The van der Waals surface area contributed by atoms with Gasteiger partial charge in [-0.2, -0.15) is 5.06 Å². The Kier molecular flexibility index (Phi) is 12.6. The Morgan fingerprint density at radius 2 is 1.80 bits per heavy atom. The van der Waals surface area contributed by atoms with Crippen LogP contribution >= 0.6 is 0 Å². The van der Waals surface area contributed by atoms with Gasteiger partial charge in [-0.25, -0.2) is 4.79 Å². The summed E-state index contributed by atoms with van der Waals surface area (Å²) in [5, 5.41) is 21.2. The van der Waals surface area contributed by atoms with Gasteiger partial charge in [0.1, 0.15) is 24.0 Å². The summed E-state index contributed by atoms with van der Waals surface area (Å²) >= 11 is 0. The molecule has 0 radical (unpaired) electrons. The average Bonchev–Trinajstić information content (AvgIpc) is 3.56. The van der Waals surface area contributed by atoms with Crippen molar-refractivity contribution in [2.45, 2.75) is 77.8 Å². The van der Waals surface area contributed by atoms with Crippen molar-refractivity contribution in [3.63, 3.8) is 0 Å². The minimum Gasteiger partial charge on any atom is -0.496 e. The van der Waals surface area contributed by atoms with Crippen molar-refractivity contribution in [3.05, 3.63) is 83.4 Å². The predicted octanol–water partition coefficient (Wildman–Crippen LogP) is 5.43. The minimum atomic E-state index is -0.900. The number of aliphatic hydroxyl groups is 1. The van der Waals surface area contributed by atoms with E-state index >= 15 is 0 Å². The zero-order valence-electron chi connectivity index (χ0n) is 34.0. The second-order valence-electron chi connectivity index (χ2n) is 16.5. The van der Waals surface area contributed by atoms with Gasteiger partial charge in [0.15, 0.2) is 0 Å². The summed E-state index contributed by atoms with van der Waals surface area (Å²) in [5.41, 5.74) is 4.97. The molecule has 1 saturated heterocycles. The fourth-order valence-electron chi connectivity index (χ4n) is 9.36. The third kappa shape index (κ3) is 8.38. The number of methoxy groups -OCH3 is 1. The Morgan fingerprint density at radius 1 is 1.05 bits per heavy atom. The van der Waals surface area contributed by atoms with Crippen molar-refractivity contribution >= 4 is 23.6 Å². The van der Waals surface area contributed by atoms with Crippen LogP contribution in [0.1, 0.15) is 62.0 Å². The molecule has 8 atom stereocenters. The number of hydrogen-bond donors (Lipinski definition) is 4. The van der Waals surface area contributed by atoms with Crippen LogP contribution in [-0.4, -0.2) is 93.8 Å². The van der Waals surface area contributed by atoms with E-state index in [1.54, 1.807) is 26.1 Å². The Labute approximate surface area is 331 Å². The number of benzene rings is 3. The van der Waals surface area contributed by atoms with E-state index in [0.29, 0.717) is 42.0 Å². The Morgan fingerprint density at radius 3 is 2.45 bits per heavy atom. The number of ether oxygens (including phenoxy) is 2. The highest BCUT2D eigenvalue weighted by atomic mass is 16.7. The zero-order valence-corrected chi connectivity index (χ0v) is 34.0. The molecular formula is C44H59N5O7. The monoisotopic (exact) mass is 769 g/mol. The van der Waals surface area contributed by atoms with Crippen molar-refractivity contribution in [3.8, 4) is 16.9 Å². The number of anilines is 1. The summed E-state index contributed by atoms with van der Waals surface area (Å²) in [4.78, 5) is 48.9. The first-order valence-electron chi connectivity index (χ1n) is 19.8. The molecule has 3 amide bonds. The number of aliphatic hydroxyl groups excluding tert-OH is 1. The van der Waals surface area contributed by atoms with Crippen LogP contribution in [0.25, 0.3) is 11.1 Å². The summed E-state index contributed by atoms with van der Waals surface area (Å²) in [7, 11) is 7.03. The molecule has 12 nitrogen and oxygen atoms in total. The lowest BCUT2D eigenvalue weighted by molar-refractivity contribution is -0.183. The van der Waals surface area contributed by atoms with Crippen molar-refractivity contribution < 1.29 is 33.8 Å². The molecule has 12 heteroatoms. The number of carbonyl (C=O) groups is 3. The largest absolute Gasteiger partial charge is 0.496 e. The summed E-state index contributed by atoms with van der Waals surface area (Å²) in [6.45, 7) is 8.77. The normalized spacial score (nSPS) is 25.7. The van der Waals surface area contributed by atoms with Gasteiger partial charge in [0.05, 0.1) is 26.2 Å². The van der Waals surface area contributed by atoms with E-state index in [9.17, 15) is 19.5 Å². The topological polar surface area (TPSA) is 142 Å². The number of hydrogen-bond acceptors (Lipinski definition) is 9.